The van der Waals surface area contributed by atoms with Crippen molar-refractivity contribution >= 4 is 0 Å². The number of hydrogen-bond donors (Lipinski definition) is 2. The van der Waals surface area contributed by atoms with Gasteiger partial charge in [-0.1, -0.05) is 57.2 Å². The lowest BCUT2D eigenvalue weighted by molar-refractivity contribution is 0.251. The fraction of sp³-hybridized carbons (Fsp3) is 0.714. The largest absolute Gasteiger partial charge is 0.395 e. The van der Waals surface area contributed by atoms with E-state index in [0.717, 1.165) is 6.42 Å². The molecule has 0 heterocycles. The maximum absolute atomic E-state index is 9.21. The zero-order valence-electron chi connectivity index (χ0n) is 14.9. The third kappa shape index (κ3) is 5.93. The maximum Gasteiger partial charge on any atom is 0.0582 e. The van der Waals surface area contributed by atoms with Crippen LogP contribution in [0.2, 0.25) is 0 Å². The van der Waals surface area contributed by atoms with Gasteiger partial charge in [0.05, 0.1) is 6.61 Å². The molecule has 0 aromatic heterocycles. The van der Waals surface area contributed by atoms with Gasteiger partial charge in [-0.3, -0.25) is 0 Å². The van der Waals surface area contributed by atoms with Crippen molar-refractivity contribution in [3.63, 3.8) is 0 Å². The molecule has 0 radical (unpaired) electrons. The zero-order valence-corrected chi connectivity index (χ0v) is 14.9. The highest BCUT2D eigenvalue weighted by molar-refractivity contribution is 5.36. The minimum Gasteiger partial charge on any atom is -0.395 e. The van der Waals surface area contributed by atoms with Crippen LogP contribution in [-0.4, -0.2) is 17.8 Å². The molecule has 1 aromatic carbocycles. The quantitative estimate of drug-likeness (QED) is 0.613. The van der Waals surface area contributed by atoms with E-state index in [2.05, 4.69) is 25.1 Å². The van der Waals surface area contributed by atoms with Crippen molar-refractivity contribution in [3.05, 3.63) is 34.9 Å². The molecule has 0 amide bonds. The monoisotopic (exact) mass is 317 g/mol. The molecule has 2 nitrogen and oxygen atoms in total. The summed E-state index contributed by atoms with van der Waals surface area (Å²) in [6, 6.07) is 7.04. The lowest BCUT2D eigenvalue weighted by atomic mass is 9.79. The van der Waals surface area contributed by atoms with Gasteiger partial charge in [0.1, 0.15) is 0 Å². The highest BCUT2D eigenvalue weighted by atomic mass is 16.3. The van der Waals surface area contributed by atoms with Crippen molar-refractivity contribution in [1.82, 2.24) is 0 Å². The molecular formula is C21H35NO. The molecule has 0 saturated carbocycles. The molecule has 0 bridgehead atoms. The number of unbranched alkanes of at least 4 members (excludes halogenated alkanes) is 5. The summed E-state index contributed by atoms with van der Waals surface area (Å²) in [6.07, 6.45) is 14.0. The Morgan fingerprint density at radius 2 is 1.96 bits per heavy atom. The molecule has 3 N–H and O–H groups in total. The lowest BCUT2D eigenvalue weighted by Gasteiger charge is -2.27. The Bertz CT molecular complexity index is 457. The second kappa shape index (κ2) is 10.1. The van der Waals surface area contributed by atoms with Crippen molar-refractivity contribution < 1.29 is 5.11 Å². The maximum atomic E-state index is 9.21. The summed E-state index contributed by atoms with van der Waals surface area (Å²) in [5.41, 5.74) is 10.5. The second-order valence-corrected chi connectivity index (χ2v) is 7.32. The Morgan fingerprint density at radius 1 is 1.17 bits per heavy atom. The summed E-state index contributed by atoms with van der Waals surface area (Å²) in [5.74, 6) is 0.545. The number of benzene rings is 1. The van der Waals surface area contributed by atoms with Gasteiger partial charge in [0.15, 0.2) is 0 Å². The number of aliphatic hydroxyl groups is 1. The van der Waals surface area contributed by atoms with E-state index in [0.29, 0.717) is 5.92 Å². The van der Waals surface area contributed by atoms with Gasteiger partial charge in [-0.25, -0.2) is 0 Å². The zero-order chi connectivity index (χ0) is 16.5. The standard InChI is InChI=1S/C21H35NO/c1-2-3-4-5-6-7-9-17-12-13-21-18(14-17)10-8-11-19(21)15-20(22)16-23/h12-14,19-20,23H,2-11,15-16,22H2,1H3/t19-,20+/m1/s1. The first-order valence-electron chi connectivity index (χ1n) is 9.72. The fourth-order valence-electron chi connectivity index (χ4n) is 3.92. The second-order valence-electron chi connectivity index (χ2n) is 7.32. The third-order valence-electron chi connectivity index (χ3n) is 5.29. The molecule has 1 aromatic rings. The first-order chi connectivity index (χ1) is 11.2. The average molecular weight is 318 g/mol. The molecule has 0 unspecified atom stereocenters. The molecule has 2 atom stereocenters. The Labute approximate surface area is 142 Å². The van der Waals surface area contributed by atoms with Crippen LogP contribution in [0.5, 0.6) is 0 Å². The predicted molar refractivity (Wildman–Crippen MR) is 98.9 cm³/mol. The SMILES string of the molecule is CCCCCCCCc1ccc2c(c1)CCC[C@@H]2C[C@H](N)CO. The normalized spacial score (nSPS) is 18.7. The lowest BCUT2D eigenvalue weighted by Crippen LogP contribution is -2.28. The molecule has 0 saturated heterocycles. The highest BCUT2D eigenvalue weighted by Crippen LogP contribution is 2.35. The minimum absolute atomic E-state index is 0.0752. The van der Waals surface area contributed by atoms with Gasteiger partial charge in [0.25, 0.3) is 0 Å². The van der Waals surface area contributed by atoms with E-state index in [1.165, 1.54) is 80.9 Å². The van der Waals surface area contributed by atoms with Crippen LogP contribution < -0.4 is 5.73 Å². The summed E-state index contributed by atoms with van der Waals surface area (Å²) >= 11 is 0. The van der Waals surface area contributed by atoms with E-state index in [9.17, 15) is 5.11 Å². The first kappa shape index (κ1) is 18.5. The van der Waals surface area contributed by atoms with Crippen LogP contribution in [0.4, 0.5) is 0 Å². The Kier molecular flexibility index (Phi) is 8.11. The molecule has 1 aliphatic rings. The molecule has 0 aliphatic heterocycles. The topological polar surface area (TPSA) is 46.2 Å². The van der Waals surface area contributed by atoms with Crippen molar-refractivity contribution in [2.24, 2.45) is 5.73 Å². The van der Waals surface area contributed by atoms with E-state index in [4.69, 9.17) is 5.73 Å². The van der Waals surface area contributed by atoms with E-state index in [-0.39, 0.29) is 12.6 Å². The Balaban J connectivity index is 1.86. The van der Waals surface area contributed by atoms with E-state index in [1.54, 1.807) is 0 Å². The van der Waals surface area contributed by atoms with Crippen LogP contribution in [0.1, 0.15) is 87.3 Å². The summed E-state index contributed by atoms with van der Waals surface area (Å²) < 4.78 is 0. The molecular weight excluding hydrogens is 282 g/mol. The van der Waals surface area contributed by atoms with Gasteiger partial charge >= 0.3 is 0 Å². The summed E-state index contributed by atoms with van der Waals surface area (Å²) in [7, 11) is 0. The molecule has 23 heavy (non-hydrogen) atoms. The van der Waals surface area contributed by atoms with Crippen LogP contribution in [0, 0.1) is 0 Å². The minimum atomic E-state index is -0.0752. The van der Waals surface area contributed by atoms with Gasteiger partial charge < -0.3 is 10.8 Å². The van der Waals surface area contributed by atoms with Crippen LogP contribution >= 0.6 is 0 Å². The number of nitrogens with two attached hydrogens (primary N) is 1. The molecule has 130 valence electrons. The number of fused-ring (bicyclic) bond motifs is 1. The van der Waals surface area contributed by atoms with Crippen LogP contribution in [0.25, 0.3) is 0 Å². The van der Waals surface area contributed by atoms with E-state index >= 15 is 0 Å². The van der Waals surface area contributed by atoms with Gasteiger partial charge in [0.2, 0.25) is 0 Å². The molecule has 2 rings (SSSR count). The first-order valence-corrected chi connectivity index (χ1v) is 9.72. The van der Waals surface area contributed by atoms with Crippen molar-refractivity contribution in [1.29, 1.82) is 0 Å². The summed E-state index contributed by atoms with van der Waals surface area (Å²) in [4.78, 5) is 0. The number of aliphatic hydroxyl groups excluding tert-OH is 1. The number of rotatable bonds is 10. The van der Waals surface area contributed by atoms with Gasteiger partial charge in [-0.15, -0.1) is 0 Å². The molecule has 0 fully saturated rings. The average Bonchev–Trinajstić information content (AvgIpc) is 2.58. The third-order valence-corrected chi connectivity index (χ3v) is 5.29. The van der Waals surface area contributed by atoms with E-state index < -0.39 is 0 Å². The molecule has 0 spiro atoms. The van der Waals surface area contributed by atoms with Crippen LogP contribution in [0.3, 0.4) is 0 Å². The van der Waals surface area contributed by atoms with Crippen molar-refractivity contribution in [2.75, 3.05) is 6.61 Å². The molecule has 2 heteroatoms. The van der Waals surface area contributed by atoms with Crippen molar-refractivity contribution in [3.8, 4) is 0 Å². The van der Waals surface area contributed by atoms with E-state index in [1.807, 2.05) is 0 Å². The van der Waals surface area contributed by atoms with Crippen molar-refractivity contribution in [2.45, 2.75) is 89.5 Å². The van der Waals surface area contributed by atoms with Gasteiger partial charge in [0, 0.05) is 6.04 Å². The predicted octanol–water partition coefficient (Wildman–Crippen LogP) is 4.72. The smallest absolute Gasteiger partial charge is 0.0582 e. The van der Waals surface area contributed by atoms with Gasteiger partial charge in [-0.2, -0.15) is 0 Å². The van der Waals surface area contributed by atoms with Gasteiger partial charge in [-0.05, 0) is 61.1 Å². The highest BCUT2D eigenvalue weighted by Gasteiger charge is 2.22. The summed E-state index contributed by atoms with van der Waals surface area (Å²) in [6.45, 7) is 2.37. The Morgan fingerprint density at radius 3 is 2.74 bits per heavy atom. The number of aryl methyl sites for hydroxylation is 2. The summed E-state index contributed by atoms with van der Waals surface area (Å²) in [5, 5.41) is 9.21. The van der Waals surface area contributed by atoms with Crippen LogP contribution in [0.15, 0.2) is 18.2 Å². The van der Waals surface area contributed by atoms with Crippen LogP contribution in [-0.2, 0) is 12.8 Å². The fourth-order valence-corrected chi connectivity index (χ4v) is 3.92. The molecule has 1 aliphatic carbocycles. The number of hydrogen-bond acceptors (Lipinski definition) is 2. The Hall–Kier alpha value is -0.860.